The number of nitrogens with one attached hydrogen (secondary N) is 1. The summed E-state index contributed by atoms with van der Waals surface area (Å²) in [4.78, 5) is 18.6. The van der Waals surface area contributed by atoms with Crippen LogP contribution in [-0.2, 0) is 0 Å². The first-order valence-corrected chi connectivity index (χ1v) is 7.75. The molecular formula is C18H17N3O2. The highest BCUT2D eigenvalue weighted by Gasteiger charge is 2.13. The summed E-state index contributed by atoms with van der Waals surface area (Å²) in [5.41, 5.74) is 2.79. The number of aromatic nitrogens is 1. The van der Waals surface area contributed by atoms with E-state index in [0.717, 1.165) is 42.8 Å². The number of piperazine rings is 1. The zero-order chi connectivity index (χ0) is 15.6. The zero-order valence-electron chi connectivity index (χ0n) is 12.7. The predicted octanol–water partition coefficient (Wildman–Crippen LogP) is 2.26. The topological polar surface area (TPSA) is 58.4 Å². The number of rotatable bonds is 2. The first-order valence-electron chi connectivity index (χ1n) is 7.75. The second-order valence-corrected chi connectivity index (χ2v) is 5.64. The third-order valence-electron chi connectivity index (χ3n) is 4.19. The van der Waals surface area contributed by atoms with Crippen LogP contribution in [0.25, 0.3) is 22.1 Å². The lowest BCUT2D eigenvalue weighted by atomic mass is 10.1. The van der Waals surface area contributed by atoms with Crippen LogP contribution < -0.4 is 15.8 Å². The van der Waals surface area contributed by atoms with E-state index in [9.17, 15) is 4.79 Å². The average molecular weight is 307 g/mol. The summed E-state index contributed by atoms with van der Waals surface area (Å²) >= 11 is 0. The van der Waals surface area contributed by atoms with Crippen molar-refractivity contribution >= 4 is 16.7 Å². The quantitative estimate of drug-likeness (QED) is 0.736. The highest BCUT2D eigenvalue weighted by molar-refractivity contribution is 5.84. The highest BCUT2D eigenvalue weighted by atomic mass is 16.4. The molecule has 1 aromatic carbocycles. The number of benzene rings is 1. The maximum atomic E-state index is 12.3. The summed E-state index contributed by atoms with van der Waals surface area (Å²) < 4.78 is 5.56. The number of pyridine rings is 1. The number of nitrogens with zero attached hydrogens (tertiary/aromatic N) is 2. The van der Waals surface area contributed by atoms with Crippen molar-refractivity contribution in [3.05, 3.63) is 59.2 Å². The molecule has 1 N–H and O–H groups in total. The van der Waals surface area contributed by atoms with Gasteiger partial charge >= 0.3 is 5.63 Å². The highest BCUT2D eigenvalue weighted by Crippen LogP contribution is 2.25. The summed E-state index contributed by atoms with van der Waals surface area (Å²) in [6.07, 6.45) is 3.35. The van der Waals surface area contributed by atoms with E-state index < -0.39 is 0 Å². The molecule has 5 heteroatoms. The van der Waals surface area contributed by atoms with E-state index in [0.29, 0.717) is 11.1 Å². The molecule has 4 rings (SSSR count). The fourth-order valence-corrected chi connectivity index (χ4v) is 2.95. The van der Waals surface area contributed by atoms with E-state index in [4.69, 9.17) is 4.42 Å². The van der Waals surface area contributed by atoms with Gasteiger partial charge in [-0.15, -0.1) is 0 Å². The molecule has 0 saturated carbocycles. The lowest BCUT2D eigenvalue weighted by Crippen LogP contribution is -2.43. The van der Waals surface area contributed by atoms with Crippen LogP contribution in [-0.4, -0.2) is 31.2 Å². The van der Waals surface area contributed by atoms with Crippen LogP contribution in [0, 0.1) is 0 Å². The maximum absolute atomic E-state index is 12.3. The van der Waals surface area contributed by atoms with Gasteiger partial charge < -0.3 is 14.6 Å². The monoisotopic (exact) mass is 307 g/mol. The van der Waals surface area contributed by atoms with Gasteiger partial charge in [0.05, 0.1) is 5.56 Å². The molecule has 0 radical (unpaired) electrons. The third kappa shape index (κ3) is 2.71. The summed E-state index contributed by atoms with van der Waals surface area (Å²) in [5, 5.41) is 4.26. The van der Waals surface area contributed by atoms with Crippen LogP contribution in [0.1, 0.15) is 0 Å². The van der Waals surface area contributed by atoms with Crippen LogP contribution in [0.2, 0.25) is 0 Å². The average Bonchev–Trinajstić information content (AvgIpc) is 2.62. The summed E-state index contributed by atoms with van der Waals surface area (Å²) in [6.45, 7) is 3.88. The molecule has 1 aliphatic heterocycles. The lowest BCUT2D eigenvalue weighted by molar-refractivity contribution is 0.561. The van der Waals surface area contributed by atoms with E-state index in [-0.39, 0.29) is 5.63 Å². The maximum Gasteiger partial charge on any atom is 0.344 e. The van der Waals surface area contributed by atoms with Crippen LogP contribution in [0.3, 0.4) is 0 Å². The van der Waals surface area contributed by atoms with E-state index in [1.807, 2.05) is 30.3 Å². The molecule has 0 spiro atoms. The van der Waals surface area contributed by atoms with Crippen molar-refractivity contribution in [1.29, 1.82) is 0 Å². The van der Waals surface area contributed by atoms with Crippen molar-refractivity contribution in [2.45, 2.75) is 0 Å². The summed E-state index contributed by atoms with van der Waals surface area (Å²) in [7, 11) is 0. The minimum atomic E-state index is -0.318. The number of hydrogen-bond donors (Lipinski definition) is 1. The second-order valence-electron chi connectivity index (χ2n) is 5.64. The number of anilines is 1. The fourth-order valence-electron chi connectivity index (χ4n) is 2.95. The minimum Gasteiger partial charge on any atom is -0.422 e. The van der Waals surface area contributed by atoms with Gasteiger partial charge in [-0.25, -0.2) is 4.79 Å². The minimum absolute atomic E-state index is 0.318. The Bertz CT molecular complexity index is 884. The van der Waals surface area contributed by atoms with Crippen LogP contribution in [0.5, 0.6) is 0 Å². The molecule has 0 aliphatic carbocycles. The van der Waals surface area contributed by atoms with Gasteiger partial charge in [0.25, 0.3) is 0 Å². The molecule has 0 amide bonds. The Morgan fingerprint density at radius 2 is 1.83 bits per heavy atom. The molecule has 1 fully saturated rings. The van der Waals surface area contributed by atoms with Crippen molar-refractivity contribution in [2.24, 2.45) is 0 Å². The molecule has 23 heavy (non-hydrogen) atoms. The predicted molar refractivity (Wildman–Crippen MR) is 90.8 cm³/mol. The third-order valence-corrected chi connectivity index (χ3v) is 4.19. The van der Waals surface area contributed by atoms with Crippen LogP contribution >= 0.6 is 0 Å². The van der Waals surface area contributed by atoms with Crippen LogP contribution in [0.4, 0.5) is 5.69 Å². The van der Waals surface area contributed by atoms with E-state index >= 15 is 0 Å². The van der Waals surface area contributed by atoms with Gasteiger partial charge in [0.2, 0.25) is 0 Å². The molecule has 116 valence electrons. The Morgan fingerprint density at radius 1 is 1.04 bits per heavy atom. The van der Waals surface area contributed by atoms with Gasteiger partial charge in [0.1, 0.15) is 5.58 Å². The van der Waals surface area contributed by atoms with Crippen molar-refractivity contribution in [3.8, 4) is 11.1 Å². The van der Waals surface area contributed by atoms with Gasteiger partial charge in [0, 0.05) is 55.7 Å². The zero-order valence-corrected chi connectivity index (χ0v) is 12.7. The standard InChI is InChI=1S/C18H17N3O2/c22-18-16(13-3-5-19-6-4-13)11-14-1-2-15(12-17(14)23-18)21-9-7-20-8-10-21/h1-6,11-12,20H,7-10H2. The van der Waals surface area contributed by atoms with Gasteiger partial charge in [-0.1, -0.05) is 0 Å². The molecule has 0 unspecified atom stereocenters. The largest absolute Gasteiger partial charge is 0.422 e. The molecule has 0 atom stereocenters. The SMILES string of the molecule is O=c1oc2cc(N3CCNCC3)ccc2cc1-c1ccncc1. The molecule has 2 aromatic heterocycles. The molecular weight excluding hydrogens is 290 g/mol. The second kappa shape index (κ2) is 5.85. The number of fused-ring (bicyclic) bond motifs is 1. The Morgan fingerprint density at radius 3 is 2.61 bits per heavy atom. The Hall–Kier alpha value is -2.66. The van der Waals surface area contributed by atoms with E-state index in [2.05, 4.69) is 21.3 Å². The Balaban J connectivity index is 1.77. The first kappa shape index (κ1) is 14.0. The van der Waals surface area contributed by atoms with Crippen molar-refractivity contribution in [2.75, 3.05) is 31.1 Å². The van der Waals surface area contributed by atoms with E-state index in [1.54, 1.807) is 12.4 Å². The van der Waals surface area contributed by atoms with Crippen molar-refractivity contribution < 1.29 is 4.42 Å². The Kier molecular flexibility index (Phi) is 3.55. The lowest BCUT2D eigenvalue weighted by Gasteiger charge is -2.29. The first-order chi connectivity index (χ1) is 11.3. The molecule has 0 bridgehead atoms. The van der Waals surface area contributed by atoms with Gasteiger partial charge in [-0.2, -0.15) is 0 Å². The Labute approximate surface area is 133 Å². The van der Waals surface area contributed by atoms with Crippen LogP contribution in [0.15, 0.2) is 58.0 Å². The normalized spacial score (nSPS) is 15.0. The van der Waals surface area contributed by atoms with Gasteiger partial charge in [-0.3, -0.25) is 4.98 Å². The van der Waals surface area contributed by atoms with Crippen molar-refractivity contribution in [1.82, 2.24) is 10.3 Å². The molecule has 3 heterocycles. The smallest absolute Gasteiger partial charge is 0.344 e. The molecule has 3 aromatic rings. The van der Waals surface area contributed by atoms with Crippen molar-refractivity contribution in [3.63, 3.8) is 0 Å². The van der Waals surface area contributed by atoms with E-state index in [1.165, 1.54) is 0 Å². The molecule has 1 saturated heterocycles. The molecule has 5 nitrogen and oxygen atoms in total. The van der Waals surface area contributed by atoms with Gasteiger partial charge in [0.15, 0.2) is 0 Å². The summed E-state index contributed by atoms with van der Waals surface area (Å²) in [5.74, 6) is 0. The fraction of sp³-hybridized carbons (Fsp3) is 0.222. The molecule has 1 aliphatic rings. The number of hydrogen-bond acceptors (Lipinski definition) is 5. The van der Waals surface area contributed by atoms with Gasteiger partial charge in [-0.05, 0) is 35.9 Å². The summed E-state index contributed by atoms with van der Waals surface area (Å²) in [6, 6.07) is 11.6.